The fourth-order valence-electron chi connectivity index (χ4n) is 2.33. The van der Waals surface area contributed by atoms with E-state index < -0.39 is 11.9 Å². The summed E-state index contributed by atoms with van der Waals surface area (Å²) in [5, 5.41) is 12.4. The Morgan fingerprint density at radius 2 is 1.85 bits per heavy atom. The number of rotatable bonds is 3. The SMILES string of the molecule is Cc1cc(Nc2nccc(C(F)(F)F)n2)cc(-c2ccc(N)c(O)n2)c1. The quantitative estimate of drug-likeness (QED) is 0.655. The molecule has 0 saturated heterocycles. The molecule has 0 aliphatic rings. The van der Waals surface area contributed by atoms with Crippen LogP contribution in [0.5, 0.6) is 5.88 Å². The van der Waals surface area contributed by atoms with E-state index in [1.807, 2.05) is 13.0 Å². The first-order chi connectivity index (χ1) is 12.2. The van der Waals surface area contributed by atoms with Crippen molar-refractivity contribution < 1.29 is 18.3 Å². The van der Waals surface area contributed by atoms with Gasteiger partial charge in [0, 0.05) is 17.4 Å². The van der Waals surface area contributed by atoms with Crippen molar-refractivity contribution in [3.8, 4) is 17.1 Å². The summed E-state index contributed by atoms with van der Waals surface area (Å²) in [7, 11) is 0. The number of halogens is 3. The molecule has 26 heavy (non-hydrogen) atoms. The molecule has 0 aliphatic heterocycles. The summed E-state index contributed by atoms with van der Waals surface area (Å²) in [6.07, 6.45) is -3.52. The van der Waals surface area contributed by atoms with E-state index in [9.17, 15) is 18.3 Å². The van der Waals surface area contributed by atoms with Crippen molar-refractivity contribution in [2.45, 2.75) is 13.1 Å². The monoisotopic (exact) mass is 361 g/mol. The highest BCUT2D eigenvalue weighted by Gasteiger charge is 2.32. The lowest BCUT2D eigenvalue weighted by Gasteiger charge is -2.11. The number of aromatic hydroxyl groups is 1. The van der Waals surface area contributed by atoms with Gasteiger partial charge in [-0.25, -0.2) is 15.0 Å². The minimum absolute atomic E-state index is 0.150. The van der Waals surface area contributed by atoms with Crippen LogP contribution in [0.1, 0.15) is 11.3 Å². The number of nitrogens with zero attached hydrogens (tertiary/aromatic N) is 3. The molecule has 2 heterocycles. The lowest BCUT2D eigenvalue weighted by Crippen LogP contribution is -2.10. The average Bonchev–Trinajstić information content (AvgIpc) is 2.56. The van der Waals surface area contributed by atoms with Gasteiger partial charge >= 0.3 is 6.18 Å². The van der Waals surface area contributed by atoms with Gasteiger partial charge in [0.25, 0.3) is 0 Å². The van der Waals surface area contributed by atoms with Crippen LogP contribution < -0.4 is 11.1 Å². The second kappa shape index (κ2) is 6.51. The minimum atomic E-state index is -4.55. The summed E-state index contributed by atoms with van der Waals surface area (Å²) in [5.74, 6) is -0.468. The molecular weight excluding hydrogens is 347 g/mol. The van der Waals surface area contributed by atoms with Crippen LogP contribution in [0.15, 0.2) is 42.6 Å². The number of nitrogens with one attached hydrogen (secondary N) is 1. The van der Waals surface area contributed by atoms with Crippen molar-refractivity contribution in [3.05, 3.63) is 53.9 Å². The van der Waals surface area contributed by atoms with Gasteiger partial charge in [-0.2, -0.15) is 13.2 Å². The number of benzene rings is 1. The van der Waals surface area contributed by atoms with Crippen molar-refractivity contribution in [1.29, 1.82) is 0 Å². The molecule has 0 fully saturated rings. The predicted molar refractivity (Wildman–Crippen MR) is 90.8 cm³/mol. The Hall–Kier alpha value is -3.36. The van der Waals surface area contributed by atoms with Crippen molar-refractivity contribution in [3.63, 3.8) is 0 Å². The molecule has 134 valence electrons. The molecule has 3 rings (SSSR count). The van der Waals surface area contributed by atoms with Gasteiger partial charge in [-0.3, -0.25) is 0 Å². The highest BCUT2D eigenvalue weighted by molar-refractivity contribution is 5.70. The van der Waals surface area contributed by atoms with E-state index >= 15 is 0 Å². The number of alkyl halides is 3. The highest BCUT2D eigenvalue weighted by Crippen LogP contribution is 2.30. The van der Waals surface area contributed by atoms with Crippen LogP contribution in [0.4, 0.5) is 30.5 Å². The number of aryl methyl sites for hydroxylation is 1. The molecule has 6 nitrogen and oxygen atoms in total. The van der Waals surface area contributed by atoms with E-state index in [1.165, 1.54) is 6.07 Å². The fraction of sp³-hybridized carbons (Fsp3) is 0.118. The lowest BCUT2D eigenvalue weighted by molar-refractivity contribution is -0.141. The molecule has 0 spiro atoms. The van der Waals surface area contributed by atoms with E-state index in [-0.39, 0.29) is 17.5 Å². The largest absolute Gasteiger partial charge is 0.492 e. The topological polar surface area (TPSA) is 97.0 Å². The zero-order valence-corrected chi connectivity index (χ0v) is 13.5. The van der Waals surface area contributed by atoms with Gasteiger partial charge in [0.2, 0.25) is 11.8 Å². The third-order valence-corrected chi connectivity index (χ3v) is 3.48. The number of hydrogen-bond donors (Lipinski definition) is 3. The van der Waals surface area contributed by atoms with Crippen LogP contribution in [0.2, 0.25) is 0 Å². The van der Waals surface area contributed by atoms with E-state index in [2.05, 4.69) is 20.3 Å². The third-order valence-electron chi connectivity index (χ3n) is 3.48. The normalized spacial score (nSPS) is 11.4. The second-order valence-corrected chi connectivity index (χ2v) is 5.59. The Kier molecular flexibility index (Phi) is 4.37. The predicted octanol–water partition coefficient (Wildman–Crippen LogP) is 3.90. The van der Waals surface area contributed by atoms with E-state index in [1.54, 1.807) is 18.2 Å². The molecule has 9 heteroatoms. The van der Waals surface area contributed by atoms with Crippen LogP contribution in [-0.2, 0) is 6.18 Å². The van der Waals surface area contributed by atoms with Crippen molar-refractivity contribution >= 4 is 17.3 Å². The van der Waals surface area contributed by atoms with Crippen LogP contribution in [0.25, 0.3) is 11.3 Å². The molecular formula is C17H14F3N5O. The molecule has 0 radical (unpaired) electrons. The van der Waals surface area contributed by atoms with Gasteiger partial charge in [-0.1, -0.05) is 0 Å². The Morgan fingerprint density at radius 3 is 2.54 bits per heavy atom. The first-order valence-corrected chi connectivity index (χ1v) is 7.47. The molecule has 0 unspecified atom stereocenters. The summed E-state index contributed by atoms with van der Waals surface area (Å²) in [5.41, 5.74) is 7.09. The van der Waals surface area contributed by atoms with Crippen LogP contribution in [0.3, 0.4) is 0 Å². The molecule has 0 atom stereocenters. The number of pyridine rings is 1. The molecule has 2 aromatic heterocycles. The van der Waals surface area contributed by atoms with E-state index in [4.69, 9.17) is 5.73 Å². The maximum absolute atomic E-state index is 12.8. The van der Waals surface area contributed by atoms with Gasteiger partial charge < -0.3 is 16.2 Å². The van der Waals surface area contributed by atoms with Gasteiger partial charge in [-0.15, -0.1) is 0 Å². The van der Waals surface area contributed by atoms with E-state index in [0.717, 1.165) is 17.8 Å². The maximum Gasteiger partial charge on any atom is 0.433 e. The zero-order chi connectivity index (χ0) is 18.9. The van der Waals surface area contributed by atoms with Gasteiger partial charge in [0.1, 0.15) is 5.69 Å². The average molecular weight is 361 g/mol. The number of nitrogen functional groups attached to an aromatic ring is 1. The Bertz CT molecular complexity index is 959. The standard InChI is InChI=1S/C17H14F3N5O/c1-9-6-10(13-3-2-12(21)15(26)24-13)8-11(7-9)23-16-22-5-4-14(25-16)17(18,19)20/h2-8H,21H2,1H3,(H,24,26)(H,22,23,25). The van der Waals surface area contributed by atoms with Crippen LogP contribution >= 0.6 is 0 Å². The molecule has 0 saturated carbocycles. The smallest absolute Gasteiger partial charge is 0.433 e. The number of hydrogen-bond acceptors (Lipinski definition) is 6. The number of nitrogens with two attached hydrogens (primary N) is 1. The Labute approximate surface area is 146 Å². The third kappa shape index (κ3) is 3.82. The zero-order valence-electron chi connectivity index (χ0n) is 13.5. The summed E-state index contributed by atoms with van der Waals surface area (Å²) in [6, 6.07) is 9.15. The van der Waals surface area contributed by atoms with Gasteiger partial charge in [-0.05, 0) is 48.9 Å². The number of aromatic nitrogens is 3. The molecule has 1 aromatic carbocycles. The first kappa shape index (κ1) is 17.5. The summed E-state index contributed by atoms with van der Waals surface area (Å²) in [4.78, 5) is 11.3. The van der Waals surface area contributed by atoms with E-state index in [0.29, 0.717) is 16.9 Å². The Balaban J connectivity index is 1.94. The molecule has 4 N–H and O–H groups in total. The molecule has 0 aliphatic carbocycles. The molecule has 3 aromatic rings. The summed E-state index contributed by atoms with van der Waals surface area (Å²) in [6.45, 7) is 1.82. The second-order valence-electron chi connectivity index (χ2n) is 5.59. The van der Waals surface area contributed by atoms with Gasteiger partial charge in [0.05, 0.1) is 11.4 Å². The number of anilines is 3. The van der Waals surface area contributed by atoms with Crippen molar-refractivity contribution in [2.75, 3.05) is 11.1 Å². The first-order valence-electron chi connectivity index (χ1n) is 7.47. The molecule has 0 bridgehead atoms. The van der Waals surface area contributed by atoms with Crippen LogP contribution in [-0.4, -0.2) is 20.1 Å². The minimum Gasteiger partial charge on any atom is -0.492 e. The highest BCUT2D eigenvalue weighted by atomic mass is 19.4. The summed E-state index contributed by atoms with van der Waals surface area (Å²) < 4.78 is 38.3. The van der Waals surface area contributed by atoms with Crippen LogP contribution in [0, 0.1) is 6.92 Å². The Morgan fingerprint density at radius 1 is 1.08 bits per heavy atom. The lowest BCUT2D eigenvalue weighted by atomic mass is 10.1. The molecule has 0 amide bonds. The fourth-order valence-corrected chi connectivity index (χ4v) is 2.33. The van der Waals surface area contributed by atoms with Crippen molar-refractivity contribution in [1.82, 2.24) is 15.0 Å². The van der Waals surface area contributed by atoms with Crippen molar-refractivity contribution in [2.24, 2.45) is 0 Å². The van der Waals surface area contributed by atoms with Gasteiger partial charge in [0.15, 0.2) is 0 Å². The maximum atomic E-state index is 12.8. The summed E-state index contributed by atoms with van der Waals surface area (Å²) >= 11 is 0.